The van der Waals surface area contributed by atoms with Crippen LogP contribution >= 0.6 is 0 Å². The highest BCUT2D eigenvalue weighted by molar-refractivity contribution is 6.12. The minimum absolute atomic E-state index is 0.0756. The van der Waals surface area contributed by atoms with E-state index in [2.05, 4.69) is 0 Å². The van der Waals surface area contributed by atoms with Crippen molar-refractivity contribution in [2.75, 3.05) is 0 Å². The summed E-state index contributed by atoms with van der Waals surface area (Å²) in [4.78, 5) is 0. The first-order chi connectivity index (χ1) is 3.30. The van der Waals surface area contributed by atoms with Crippen LogP contribution in [0.3, 0.4) is 0 Å². The molecule has 0 aromatic carbocycles. The highest BCUT2D eigenvalue weighted by atomic mass is 27.0. The highest BCUT2D eigenvalue weighted by Crippen LogP contribution is 2.26. The summed E-state index contributed by atoms with van der Waals surface area (Å²) in [5.74, 6) is 0. The van der Waals surface area contributed by atoms with E-state index in [9.17, 15) is 0 Å². The van der Waals surface area contributed by atoms with E-state index in [1.54, 1.807) is 0 Å². The molecule has 1 saturated carbocycles. The van der Waals surface area contributed by atoms with Gasteiger partial charge in [-0.05, 0) is 6.42 Å². The molecular weight excluding hydrogens is 103 g/mol. The molecule has 1 N–H and O–H groups in total. The van der Waals surface area contributed by atoms with Gasteiger partial charge in [-0.2, -0.15) is 0 Å². The average molecular weight is 114 g/mol. The number of rotatable bonds is 0. The first-order valence-electron chi connectivity index (χ1n) is 2.99. The van der Waals surface area contributed by atoms with Gasteiger partial charge < -0.3 is 5.11 Å². The van der Waals surface area contributed by atoms with Gasteiger partial charge in [0.15, 0.2) is 0 Å². The van der Waals surface area contributed by atoms with E-state index in [1.807, 2.05) is 0 Å². The summed E-state index contributed by atoms with van der Waals surface area (Å²) in [5.41, 5.74) is 0. The minimum Gasteiger partial charge on any atom is -0.394 e. The van der Waals surface area contributed by atoms with E-state index in [4.69, 9.17) is 5.11 Å². The van der Waals surface area contributed by atoms with E-state index in [1.165, 1.54) is 29.1 Å². The van der Waals surface area contributed by atoms with Gasteiger partial charge in [-0.3, -0.25) is 0 Å². The van der Waals surface area contributed by atoms with Crippen LogP contribution in [-0.4, -0.2) is 27.5 Å². The Morgan fingerprint density at radius 1 is 1.43 bits per heavy atom. The Labute approximate surface area is 52.1 Å². The van der Waals surface area contributed by atoms with Crippen LogP contribution in [0.1, 0.15) is 19.3 Å². The van der Waals surface area contributed by atoms with Gasteiger partial charge in [0.25, 0.3) is 0 Å². The monoisotopic (exact) mass is 114 g/mol. The second-order valence-electron chi connectivity index (χ2n) is 2.48. The van der Waals surface area contributed by atoms with Gasteiger partial charge in [0.2, 0.25) is 16.3 Å². The van der Waals surface area contributed by atoms with Gasteiger partial charge in [-0.25, -0.2) is 0 Å². The molecule has 0 radical (unpaired) electrons. The standard InChI is InChI=1S/C5H9O.Al.2H/c6-5-3-1-2-4-5;;;/h3,5-6H,1-2,4H2;;;/t5-;;;/m0.../s1. The van der Waals surface area contributed by atoms with Crippen LogP contribution in [0.4, 0.5) is 0 Å². The summed E-state index contributed by atoms with van der Waals surface area (Å²) in [7, 11) is 0. The zero-order valence-corrected chi connectivity index (χ0v) is 6.72. The van der Waals surface area contributed by atoms with E-state index in [-0.39, 0.29) is 6.10 Å². The van der Waals surface area contributed by atoms with Gasteiger partial charge in [0.1, 0.15) is 0 Å². The Balaban J connectivity index is 2.33. The summed E-state index contributed by atoms with van der Waals surface area (Å²) < 4.78 is 0.708. The highest BCUT2D eigenvalue weighted by Gasteiger charge is 2.19. The van der Waals surface area contributed by atoms with Crippen molar-refractivity contribution in [3.8, 4) is 0 Å². The second kappa shape index (κ2) is 2.17. The SMILES string of the molecule is O[C@@H]1CCC[C@H]1[AlH2]. The van der Waals surface area contributed by atoms with Crippen molar-refractivity contribution >= 4 is 16.3 Å². The Hall–Kier alpha value is 0.492. The van der Waals surface area contributed by atoms with Crippen molar-refractivity contribution in [2.24, 2.45) is 0 Å². The number of aliphatic hydroxyl groups is 1. The van der Waals surface area contributed by atoms with Crippen LogP contribution < -0.4 is 0 Å². The molecule has 40 valence electrons. The largest absolute Gasteiger partial charge is 0.394 e. The Morgan fingerprint density at radius 3 is 2.29 bits per heavy atom. The summed E-state index contributed by atoms with van der Waals surface area (Å²) in [5, 5.41) is 9.03. The van der Waals surface area contributed by atoms with Gasteiger partial charge in [-0.15, -0.1) is 0 Å². The topological polar surface area (TPSA) is 20.2 Å². The van der Waals surface area contributed by atoms with Crippen molar-refractivity contribution in [1.29, 1.82) is 0 Å². The fourth-order valence-corrected chi connectivity index (χ4v) is 1.87. The molecule has 0 aromatic heterocycles. The van der Waals surface area contributed by atoms with Crippen LogP contribution in [0.2, 0.25) is 4.78 Å². The molecule has 0 bridgehead atoms. The molecule has 1 aliphatic rings. The van der Waals surface area contributed by atoms with Crippen molar-refractivity contribution in [3.63, 3.8) is 0 Å². The third-order valence-corrected chi connectivity index (χ3v) is 3.16. The molecule has 7 heavy (non-hydrogen) atoms. The van der Waals surface area contributed by atoms with Gasteiger partial charge in [-0.1, -0.05) is 17.6 Å². The van der Waals surface area contributed by atoms with E-state index in [0.29, 0.717) is 4.78 Å². The van der Waals surface area contributed by atoms with Crippen molar-refractivity contribution in [3.05, 3.63) is 0 Å². The van der Waals surface area contributed by atoms with Crippen LogP contribution in [0, 0.1) is 0 Å². The molecule has 0 unspecified atom stereocenters. The first kappa shape index (κ1) is 5.63. The maximum atomic E-state index is 9.03. The number of hydrogen-bond donors (Lipinski definition) is 1. The van der Waals surface area contributed by atoms with Gasteiger partial charge >= 0.3 is 0 Å². The third kappa shape index (κ3) is 1.19. The van der Waals surface area contributed by atoms with Gasteiger partial charge in [0.05, 0.1) is 0 Å². The predicted molar refractivity (Wildman–Crippen MR) is 32.2 cm³/mol. The van der Waals surface area contributed by atoms with Crippen molar-refractivity contribution in [1.82, 2.24) is 0 Å². The second-order valence-corrected chi connectivity index (χ2v) is 3.96. The molecule has 1 aliphatic carbocycles. The lowest BCUT2D eigenvalue weighted by molar-refractivity contribution is 0.184. The fourth-order valence-electron chi connectivity index (χ4n) is 1.13. The zero-order valence-electron chi connectivity index (χ0n) is 4.72. The molecule has 0 aromatic rings. The Kier molecular flexibility index (Phi) is 1.75. The molecule has 0 saturated heterocycles. The summed E-state index contributed by atoms with van der Waals surface area (Å²) in [6, 6.07) is 0. The zero-order chi connectivity index (χ0) is 5.28. The van der Waals surface area contributed by atoms with Gasteiger partial charge in [0, 0.05) is 6.10 Å². The molecule has 0 aliphatic heterocycles. The molecule has 1 nitrogen and oxygen atoms in total. The quantitative estimate of drug-likeness (QED) is 0.438. The molecule has 1 fully saturated rings. The molecule has 0 heterocycles. The average Bonchev–Trinajstić information content (AvgIpc) is 1.91. The predicted octanol–water partition coefficient (Wildman–Crippen LogP) is -0.0472. The molecular formula is C5H11AlO. The Bertz CT molecular complexity index is 57.1. The first-order valence-corrected chi connectivity index (χ1v) is 4.14. The van der Waals surface area contributed by atoms with Crippen molar-refractivity contribution < 1.29 is 5.11 Å². The molecule has 0 amide bonds. The molecule has 0 spiro atoms. The van der Waals surface area contributed by atoms with Crippen LogP contribution in [0.15, 0.2) is 0 Å². The summed E-state index contributed by atoms with van der Waals surface area (Å²) >= 11 is 1.19. The smallest absolute Gasteiger partial charge is 0.220 e. The van der Waals surface area contributed by atoms with Crippen LogP contribution in [0.25, 0.3) is 0 Å². The maximum absolute atomic E-state index is 9.03. The Morgan fingerprint density at radius 2 is 2.14 bits per heavy atom. The summed E-state index contributed by atoms with van der Waals surface area (Å²) in [6.45, 7) is 0. The number of hydrogen-bond acceptors (Lipinski definition) is 1. The van der Waals surface area contributed by atoms with Crippen molar-refractivity contribution in [2.45, 2.75) is 30.1 Å². The minimum atomic E-state index is 0.0756. The van der Waals surface area contributed by atoms with E-state index < -0.39 is 0 Å². The van der Waals surface area contributed by atoms with Crippen LogP contribution in [-0.2, 0) is 0 Å². The number of aliphatic hydroxyl groups excluding tert-OH is 1. The molecule has 2 heteroatoms. The third-order valence-electron chi connectivity index (χ3n) is 1.82. The molecule has 1 rings (SSSR count). The molecule has 2 atom stereocenters. The maximum Gasteiger partial charge on any atom is 0.220 e. The van der Waals surface area contributed by atoms with E-state index >= 15 is 0 Å². The van der Waals surface area contributed by atoms with Crippen LogP contribution in [0.5, 0.6) is 0 Å². The van der Waals surface area contributed by atoms with E-state index in [0.717, 1.165) is 6.42 Å². The summed E-state index contributed by atoms with van der Waals surface area (Å²) in [6.07, 6.45) is 3.68. The normalized spacial score (nSPS) is 41.9. The fraction of sp³-hybridized carbons (Fsp3) is 1.00. The lowest BCUT2D eigenvalue weighted by atomic mass is 10.3. The lowest BCUT2D eigenvalue weighted by Crippen LogP contribution is -2.05. The lowest BCUT2D eigenvalue weighted by Gasteiger charge is -2.04.